The van der Waals surface area contributed by atoms with Gasteiger partial charge in [-0.25, -0.2) is 9.97 Å². The van der Waals surface area contributed by atoms with Crippen LogP contribution in [0.5, 0.6) is 0 Å². The fourth-order valence-corrected chi connectivity index (χ4v) is 5.77. The molecule has 2 aromatic heterocycles. The van der Waals surface area contributed by atoms with Gasteiger partial charge in [-0.15, -0.1) is 0 Å². The number of piperidine rings is 2. The van der Waals surface area contributed by atoms with Crippen molar-refractivity contribution >= 4 is 34.1 Å². The zero-order valence-corrected chi connectivity index (χ0v) is 22.5. The number of nitrogens with one attached hydrogen (secondary N) is 2. The van der Waals surface area contributed by atoms with E-state index in [0.717, 1.165) is 74.1 Å². The topological polar surface area (TPSA) is 69.3 Å². The van der Waals surface area contributed by atoms with Crippen molar-refractivity contribution in [1.29, 1.82) is 0 Å². The number of aromatic nitrogens is 3. The number of methoxy groups -OCH3 is 1. The molecule has 2 fully saturated rings. The summed E-state index contributed by atoms with van der Waals surface area (Å²) in [6, 6.07) is 9.71. The Labute approximate surface area is 219 Å². The summed E-state index contributed by atoms with van der Waals surface area (Å²) in [6.45, 7) is 9.81. The highest BCUT2D eigenvalue weighted by molar-refractivity contribution is 6.34. The largest absolute Gasteiger partial charge is 0.385 e. The van der Waals surface area contributed by atoms with Crippen molar-refractivity contribution in [1.82, 2.24) is 19.9 Å². The van der Waals surface area contributed by atoms with Crippen LogP contribution < -0.4 is 10.2 Å². The number of benzene rings is 1. The van der Waals surface area contributed by atoms with Crippen LogP contribution in [0.2, 0.25) is 5.02 Å². The zero-order chi connectivity index (χ0) is 25.1. The second-order valence-corrected chi connectivity index (χ2v) is 11.0. The van der Waals surface area contributed by atoms with E-state index in [2.05, 4.69) is 63.2 Å². The molecule has 2 saturated heterocycles. The highest BCUT2D eigenvalue weighted by Crippen LogP contribution is 2.33. The van der Waals surface area contributed by atoms with Gasteiger partial charge in [0, 0.05) is 63.2 Å². The molecule has 5 rings (SSSR count). The lowest BCUT2D eigenvalue weighted by Gasteiger charge is -2.35. The van der Waals surface area contributed by atoms with Gasteiger partial charge in [-0.1, -0.05) is 11.6 Å². The summed E-state index contributed by atoms with van der Waals surface area (Å²) in [5, 5.41) is 4.33. The highest BCUT2D eigenvalue weighted by atomic mass is 35.5. The predicted octanol–water partition coefficient (Wildman–Crippen LogP) is 5.82. The van der Waals surface area contributed by atoms with Gasteiger partial charge >= 0.3 is 0 Å². The Morgan fingerprint density at radius 2 is 1.81 bits per heavy atom. The van der Waals surface area contributed by atoms with Gasteiger partial charge in [0.1, 0.15) is 11.3 Å². The molecule has 7 nitrogen and oxygen atoms in total. The van der Waals surface area contributed by atoms with E-state index in [0.29, 0.717) is 22.8 Å². The summed E-state index contributed by atoms with van der Waals surface area (Å²) in [7, 11) is 1.79. The van der Waals surface area contributed by atoms with Crippen molar-refractivity contribution in [3.05, 3.63) is 35.5 Å². The molecule has 0 atom stereocenters. The van der Waals surface area contributed by atoms with Crippen molar-refractivity contribution in [2.24, 2.45) is 5.92 Å². The van der Waals surface area contributed by atoms with E-state index in [1.807, 2.05) is 0 Å². The maximum absolute atomic E-state index is 6.61. The summed E-state index contributed by atoms with van der Waals surface area (Å²) in [5.74, 6) is 1.60. The van der Waals surface area contributed by atoms with Gasteiger partial charge in [0.2, 0.25) is 0 Å². The summed E-state index contributed by atoms with van der Waals surface area (Å²) >= 11 is 6.61. The van der Waals surface area contributed by atoms with Crippen LogP contribution in [0.3, 0.4) is 0 Å². The van der Waals surface area contributed by atoms with Crippen LogP contribution in [0, 0.1) is 5.92 Å². The number of H-pyrrole nitrogens is 1. The second kappa shape index (κ2) is 11.4. The summed E-state index contributed by atoms with van der Waals surface area (Å²) in [5.41, 5.74) is 4.82. The standard InChI is InChI=1S/C28H39ClN6O/c1-19(2)34-15-10-22(11-16-34)31-25-24(29)18-30-28-26(25)32-27(33-28)21-4-6-23(7-5-21)35-13-8-20(9-14-35)12-17-36-3/h4-7,18-20,22H,8-17H2,1-3H3,(H2,30,31,32,33). The molecule has 2 N–H and O–H groups in total. The Hall–Kier alpha value is -2.35. The first-order valence-electron chi connectivity index (χ1n) is 13.4. The minimum Gasteiger partial charge on any atom is -0.385 e. The molecular formula is C28H39ClN6O. The number of fused-ring (bicyclic) bond motifs is 1. The molecule has 0 spiro atoms. The number of halogens is 1. The van der Waals surface area contributed by atoms with Gasteiger partial charge in [-0.3, -0.25) is 0 Å². The van der Waals surface area contributed by atoms with Crippen molar-refractivity contribution in [3.63, 3.8) is 0 Å². The fourth-order valence-electron chi connectivity index (χ4n) is 5.57. The first-order valence-corrected chi connectivity index (χ1v) is 13.8. The lowest BCUT2D eigenvalue weighted by molar-refractivity contribution is 0.170. The number of rotatable bonds is 8. The Bertz CT molecular complexity index is 1130. The van der Waals surface area contributed by atoms with Crippen LogP contribution in [-0.2, 0) is 4.74 Å². The lowest BCUT2D eigenvalue weighted by atomic mass is 9.93. The molecule has 2 aliphatic heterocycles. The van der Waals surface area contributed by atoms with E-state index in [-0.39, 0.29) is 0 Å². The number of aromatic amines is 1. The van der Waals surface area contributed by atoms with Crippen molar-refractivity contribution in [3.8, 4) is 11.4 Å². The van der Waals surface area contributed by atoms with E-state index in [4.69, 9.17) is 21.3 Å². The van der Waals surface area contributed by atoms with E-state index < -0.39 is 0 Å². The van der Waals surface area contributed by atoms with E-state index in [1.54, 1.807) is 13.3 Å². The first kappa shape index (κ1) is 25.3. The van der Waals surface area contributed by atoms with Gasteiger partial charge in [0.15, 0.2) is 5.65 Å². The fraction of sp³-hybridized carbons (Fsp3) is 0.571. The van der Waals surface area contributed by atoms with Crippen LogP contribution in [0.25, 0.3) is 22.6 Å². The molecule has 194 valence electrons. The Balaban J connectivity index is 1.28. The Morgan fingerprint density at radius 1 is 1.08 bits per heavy atom. The average molecular weight is 511 g/mol. The maximum atomic E-state index is 6.61. The minimum atomic E-state index is 0.396. The van der Waals surface area contributed by atoms with Crippen LogP contribution in [0.1, 0.15) is 46.0 Å². The van der Waals surface area contributed by atoms with Gasteiger partial charge in [0.25, 0.3) is 0 Å². The van der Waals surface area contributed by atoms with E-state index >= 15 is 0 Å². The SMILES string of the molecule is COCCC1CCN(c2ccc(-c3nc4ncc(Cl)c(NC5CCN(C(C)C)CC5)c4[nH]3)cc2)CC1. The quantitative estimate of drug-likeness (QED) is 0.398. The molecule has 0 saturated carbocycles. The van der Waals surface area contributed by atoms with E-state index in [9.17, 15) is 0 Å². The zero-order valence-electron chi connectivity index (χ0n) is 21.8. The minimum absolute atomic E-state index is 0.396. The number of hydrogen-bond donors (Lipinski definition) is 2. The summed E-state index contributed by atoms with van der Waals surface area (Å²) < 4.78 is 5.26. The molecule has 8 heteroatoms. The third-order valence-corrected chi connectivity index (χ3v) is 8.22. The van der Waals surface area contributed by atoms with Gasteiger partial charge < -0.3 is 24.8 Å². The third-order valence-electron chi connectivity index (χ3n) is 7.93. The molecule has 0 bridgehead atoms. The van der Waals surface area contributed by atoms with Gasteiger partial charge in [-0.05, 0) is 76.1 Å². The molecule has 4 heterocycles. The van der Waals surface area contributed by atoms with Crippen LogP contribution in [0.4, 0.5) is 11.4 Å². The number of imidazole rings is 1. The Morgan fingerprint density at radius 3 is 2.47 bits per heavy atom. The molecule has 0 radical (unpaired) electrons. The van der Waals surface area contributed by atoms with Crippen molar-refractivity contribution in [2.45, 2.75) is 58.0 Å². The first-order chi connectivity index (χ1) is 17.5. The highest BCUT2D eigenvalue weighted by Gasteiger charge is 2.23. The molecule has 0 aliphatic carbocycles. The molecular weight excluding hydrogens is 472 g/mol. The van der Waals surface area contributed by atoms with Crippen LogP contribution >= 0.6 is 11.6 Å². The number of hydrogen-bond acceptors (Lipinski definition) is 6. The van der Waals surface area contributed by atoms with E-state index in [1.165, 1.54) is 24.9 Å². The number of pyridine rings is 1. The summed E-state index contributed by atoms with van der Waals surface area (Å²) in [6.07, 6.45) is 7.54. The molecule has 2 aliphatic rings. The second-order valence-electron chi connectivity index (χ2n) is 10.6. The number of nitrogens with zero attached hydrogens (tertiary/aromatic N) is 4. The van der Waals surface area contributed by atoms with Gasteiger partial charge in [-0.2, -0.15) is 0 Å². The molecule has 1 aromatic carbocycles. The number of ether oxygens (including phenoxy) is 1. The number of anilines is 2. The smallest absolute Gasteiger partial charge is 0.180 e. The molecule has 0 amide bonds. The monoisotopic (exact) mass is 510 g/mol. The average Bonchev–Trinajstić information content (AvgIpc) is 3.34. The Kier molecular flexibility index (Phi) is 7.99. The lowest BCUT2D eigenvalue weighted by Crippen LogP contribution is -2.42. The molecule has 0 unspecified atom stereocenters. The van der Waals surface area contributed by atoms with Crippen LogP contribution in [0.15, 0.2) is 30.5 Å². The molecule has 3 aromatic rings. The van der Waals surface area contributed by atoms with Crippen molar-refractivity contribution in [2.75, 3.05) is 50.1 Å². The predicted molar refractivity (Wildman–Crippen MR) is 149 cm³/mol. The van der Waals surface area contributed by atoms with Gasteiger partial charge in [0.05, 0.1) is 16.9 Å². The maximum Gasteiger partial charge on any atom is 0.180 e. The third kappa shape index (κ3) is 5.63. The summed E-state index contributed by atoms with van der Waals surface area (Å²) in [4.78, 5) is 17.8. The van der Waals surface area contributed by atoms with Crippen LogP contribution in [-0.4, -0.2) is 71.8 Å². The number of likely N-dealkylation sites (tertiary alicyclic amines) is 1. The normalized spacial score (nSPS) is 18.4. The van der Waals surface area contributed by atoms with Crippen molar-refractivity contribution < 1.29 is 4.74 Å². The molecule has 36 heavy (non-hydrogen) atoms.